The summed E-state index contributed by atoms with van der Waals surface area (Å²) in [5.41, 5.74) is 1.48. The van der Waals surface area contributed by atoms with Crippen LogP contribution in [0.3, 0.4) is 0 Å². The Bertz CT molecular complexity index is 893. The molecule has 2 aromatic carbocycles. The molecule has 1 atom stereocenters. The lowest BCUT2D eigenvalue weighted by molar-refractivity contribution is -0.137. The molecular formula is C20H19F3N2O2. The van der Waals surface area contributed by atoms with E-state index in [4.69, 9.17) is 0 Å². The minimum atomic E-state index is -4.57. The molecule has 0 radical (unpaired) electrons. The van der Waals surface area contributed by atoms with Crippen molar-refractivity contribution in [3.05, 3.63) is 59.2 Å². The Morgan fingerprint density at radius 2 is 1.81 bits per heavy atom. The lowest BCUT2D eigenvalue weighted by Gasteiger charge is -2.20. The fourth-order valence-electron chi connectivity index (χ4n) is 3.22. The van der Waals surface area contributed by atoms with Gasteiger partial charge in [-0.05, 0) is 43.2 Å². The van der Waals surface area contributed by atoms with E-state index in [2.05, 4.69) is 5.32 Å². The first-order valence-corrected chi connectivity index (χ1v) is 8.52. The number of hydrogen-bond donors (Lipinski definition) is 1. The monoisotopic (exact) mass is 376 g/mol. The van der Waals surface area contributed by atoms with Gasteiger partial charge in [0.25, 0.3) is 0 Å². The van der Waals surface area contributed by atoms with E-state index in [9.17, 15) is 22.8 Å². The van der Waals surface area contributed by atoms with Gasteiger partial charge in [0, 0.05) is 18.7 Å². The first kappa shape index (κ1) is 18.9. The zero-order valence-electron chi connectivity index (χ0n) is 14.9. The molecule has 4 nitrogen and oxygen atoms in total. The maximum absolute atomic E-state index is 13.1. The quantitative estimate of drug-likeness (QED) is 0.868. The molecule has 27 heavy (non-hydrogen) atoms. The van der Waals surface area contributed by atoms with E-state index >= 15 is 0 Å². The minimum Gasteiger partial charge on any atom is -0.325 e. The van der Waals surface area contributed by atoms with E-state index in [0.29, 0.717) is 0 Å². The van der Waals surface area contributed by atoms with Crippen LogP contribution in [0.4, 0.5) is 24.5 Å². The Hall–Kier alpha value is -2.83. The average molecular weight is 376 g/mol. The summed E-state index contributed by atoms with van der Waals surface area (Å²) >= 11 is 0. The van der Waals surface area contributed by atoms with Crippen molar-refractivity contribution in [3.63, 3.8) is 0 Å². The second-order valence-electron chi connectivity index (χ2n) is 6.66. The molecule has 1 heterocycles. The minimum absolute atomic E-state index is 0.0343. The van der Waals surface area contributed by atoms with Crippen LogP contribution in [0.1, 0.15) is 23.1 Å². The molecule has 0 bridgehead atoms. The number of anilines is 2. The lowest BCUT2D eigenvalue weighted by atomic mass is 10.1. The topological polar surface area (TPSA) is 49.4 Å². The summed E-state index contributed by atoms with van der Waals surface area (Å²) in [6.07, 6.45) is -4.60. The number of carbonyl (C=O) groups is 2. The number of benzene rings is 2. The van der Waals surface area contributed by atoms with Gasteiger partial charge in [-0.2, -0.15) is 13.2 Å². The Morgan fingerprint density at radius 3 is 2.52 bits per heavy atom. The van der Waals surface area contributed by atoms with Gasteiger partial charge in [0.2, 0.25) is 11.8 Å². The predicted octanol–water partition coefficient (Wildman–Crippen LogP) is 4.31. The molecule has 7 heteroatoms. The van der Waals surface area contributed by atoms with Crippen molar-refractivity contribution in [1.29, 1.82) is 0 Å². The van der Waals surface area contributed by atoms with Crippen molar-refractivity contribution < 1.29 is 22.8 Å². The standard InChI is InChI=1S/C20H19F3N2O2/c1-12-6-5-9-17(13(12)2)25-11-14(10-18(25)26)19(27)24-16-8-4-3-7-15(16)20(21,22)23/h3-9,14H,10-11H2,1-2H3,(H,24,27)/t14-/m0/s1. The summed E-state index contributed by atoms with van der Waals surface area (Å²) < 4.78 is 39.3. The highest BCUT2D eigenvalue weighted by Gasteiger charge is 2.38. The van der Waals surface area contributed by atoms with E-state index in [-0.39, 0.29) is 24.6 Å². The van der Waals surface area contributed by atoms with Crippen LogP contribution in [-0.2, 0) is 15.8 Å². The van der Waals surface area contributed by atoms with Crippen molar-refractivity contribution in [2.45, 2.75) is 26.4 Å². The number of amides is 2. The van der Waals surface area contributed by atoms with Crippen molar-refractivity contribution in [2.75, 3.05) is 16.8 Å². The predicted molar refractivity (Wildman–Crippen MR) is 96.4 cm³/mol. The summed E-state index contributed by atoms with van der Waals surface area (Å²) in [4.78, 5) is 26.4. The number of halogens is 3. The summed E-state index contributed by atoms with van der Waals surface area (Å²) in [6.45, 7) is 3.96. The van der Waals surface area contributed by atoms with Crippen LogP contribution in [-0.4, -0.2) is 18.4 Å². The average Bonchev–Trinajstić information content (AvgIpc) is 2.99. The smallest absolute Gasteiger partial charge is 0.325 e. The number of alkyl halides is 3. The molecular weight excluding hydrogens is 357 g/mol. The Kier molecular flexibility index (Phi) is 4.95. The largest absolute Gasteiger partial charge is 0.418 e. The van der Waals surface area contributed by atoms with Gasteiger partial charge in [-0.3, -0.25) is 9.59 Å². The molecule has 2 amide bonds. The van der Waals surface area contributed by atoms with Crippen molar-refractivity contribution >= 4 is 23.2 Å². The van der Waals surface area contributed by atoms with E-state index in [1.807, 2.05) is 26.0 Å². The van der Waals surface area contributed by atoms with Gasteiger partial charge >= 0.3 is 6.18 Å². The van der Waals surface area contributed by atoms with Crippen LogP contribution in [0.15, 0.2) is 42.5 Å². The molecule has 0 unspecified atom stereocenters. The fraction of sp³-hybridized carbons (Fsp3) is 0.300. The van der Waals surface area contributed by atoms with Gasteiger partial charge in [0.05, 0.1) is 17.2 Å². The Morgan fingerprint density at radius 1 is 1.11 bits per heavy atom. The highest BCUT2D eigenvalue weighted by Crippen LogP contribution is 2.35. The van der Waals surface area contributed by atoms with Crippen LogP contribution < -0.4 is 10.2 Å². The van der Waals surface area contributed by atoms with Crippen molar-refractivity contribution in [2.24, 2.45) is 5.92 Å². The molecule has 0 spiro atoms. The molecule has 142 valence electrons. The third-order valence-electron chi connectivity index (χ3n) is 4.85. The maximum atomic E-state index is 13.1. The SMILES string of the molecule is Cc1cccc(N2C[C@@H](C(=O)Nc3ccccc3C(F)(F)F)CC2=O)c1C. The summed E-state index contributed by atoms with van der Waals surface area (Å²) in [5, 5.41) is 2.34. The van der Waals surface area contributed by atoms with E-state index in [0.717, 1.165) is 22.9 Å². The molecule has 1 aliphatic heterocycles. The van der Waals surface area contributed by atoms with Crippen molar-refractivity contribution in [3.8, 4) is 0 Å². The molecule has 1 N–H and O–H groups in total. The van der Waals surface area contributed by atoms with Gasteiger partial charge in [-0.15, -0.1) is 0 Å². The molecule has 0 saturated carbocycles. The third kappa shape index (κ3) is 3.82. The molecule has 0 aliphatic carbocycles. The van der Waals surface area contributed by atoms with E-state index < -0.39 is 23.6 Å². The first-order valence-electron chi connectivity index (χ1n) is 8.52. The lowest BCUT2D eigenvalue weighted by Crippen LogP contribution is -2.29. The molecule has 1 fully saturated rings. The van der Waals surface area contributed by atoms with Gasteiger partial charge < -0.3 is 10.2 Å². The molecule has 1 aliphatic rings. The Labute approximate surface area is 155 Å². The van der Waals surface area contributed by atoms with Crippen LogP contribution in [0, 0.1) is 19.8 Å². The molecule has 3 rings (SSSR count). The second kappa shape index (κ2) is 7.06. The zero-order valence-corrected chi connectivity index (χ0v) is 14.9. The van der Waals surface area contributed by atoms with Gasteiger partial charge in [-0.25, -0.2) is 0 Å². The maximum Gasteiger partial charge on any atom is 0.418 e. The zero-order chi connectivity index (χ0) is 19.8. The number of aryl methyl sites for hydroxylation is 1. The second-order valence-corrected chi connectivity index (χ2v) is 6.66. The number of carbonyl (C=O) groups excluding carboxylic acids is 2. The van der Waals surface area contributed by atoms with Crippen molar-refractivity contribution in [1.82, 2.24) is 0 Å². The number of para-hydroxylation sites is 1. The third-order valence-corrected chi connectivity index (χ3v) is 4.85. The van der Waals surface area contributed by atoms with Crippen LogP contribution in [0.2, 0.25) is 0 Å². The van der Waals surface area contributed by atoms with Crippen LogP contribution >= 0.6 is 0 Å². The fourth-order valence-corrected chi connectivity index (χ4v) is 3.22. The molecule has 1 saturated heterocycles. The van der Waals surface area contributed by atoms with E-state index in [1.165, 1.54) is 23.1 Å². The molecule has 2 aromatic rings. The Balaban J connectivity index is 1.78. The summed E-state index contributed by atoms with van der Waals surface area (Å²) in [5.74, 6) is -1.51. The number of hydrogen-bond acceptors (Lipinski definition) is 2. The van der Waals surface area contributed by atoms with Crippen LogP contribution in [0.25, 0.3) is 0 Å². The first-order chi connectivity index (χ1) is 12.7. The van der Waals surface area contributed by atoms with Gasteiger partial charge in [0.1, 0.15) is 0 Å². The highest BCUT2D eigenvalue weighted by atomic mass is 19.4. The van der Waals surface area contributed by atoms with Gasteiger partial charge in [0.15, 0.2) is 0 Å². The number of nitrogens with zero attached hydrogens (tertiary/aromatic N) is 1. The summed E-state index contributed by atoms with van der Waals surface area (Å²) in [7, 11) is 0. The normalized spacial score (nSPS) is 17.3. The summed E-state index contributed by atoms with van der Waals surface area (Å²) in [6, 6.07) is 10.4. The highest BCUT2D eigenvalue weighted by molar-refractivity contribution is 6.04. The van der Waals surface area contributed by atoms with Crippen LogP contribution in [0.5, 0.6) is 0 Å². The number of nitrogens with one attached hydrogen (secondary N) is 1. The molecule has 0 aromatic heterocycles. The van der Waals surface area contributed by atoms with E-state index in [1.54, 1.807) is 6.07 Å². The van der Waals surface area contributed by atoms with Gasteiger partial charge in [-0.1, -0.05) is 24.3 Å². The number of rotatable bonds is 3.